The second-order valence-electron chi connectivity index (χ2n) is 6.63. The number of anilines is 2. The topological polar surface area (TPSA) is 141 Å². The Morgan fingerprint density at radius 1 is 1.45 bits per heavy atom. The quantitative estimate of drug-likeness (QED) is 0.514. The Kier molecular flexibility index (Phi) is 6.22. The first kappa shape index (κ1) is 20.1. The molecule has 0 aliphatic heterocycles. The van der Waals surface area contributed by atoms with Crippen LogP contribution in [-0.2, 0) is 7.05 Å². The number of nitrogens with one attached hydrogen (secondary N) is 2. The van der Waals surface area contributed by atoms with Gasteiger partial charge in [0, 0.05) is 38.6 Å². The Balaban J connectivity index is 0.000000188. The van der Waals surface area contributed by atoms with Crippen molar-refractivity contribution in [2.75, 3.05) is 24.2 Å². The second kappa shape index (κ2) is 9.00. The van der Waals surface area contributed by atoms with Crippen molar-refractivity contribution in [3.05, 3.63) is 42.2 Å². The largest absolute Gasteiger partial charge is 0.444 e. The number of nitrogens with zero attached hydrogens (tertiary/aromatic N) is 4. The molecule has 3 aromatic rings. The molecule has 1 aliphatic carbocycles. The summed E-state index contributed by atoms with van der Waals surface area (Å²) in [5.74, 6) is 1.52. The zero-order chi connectivity index (χ0) is 20.8. The SMILES string of the molecule is CNc1cn(C)nc1C(N)=O.O=Cc1coc(-c2ccnc(NCC3CC3)c2)n1. The number of amides is 1. The highest BCUT2D eigenvalue weighted by atomic mass is 16.3. The first-order chi connectivity index (χ1) is 14.0. The lowest BCUT2D eigenvalue weighted by molar-refractivity contribution is 0.0995. The number of hydrogen-bond donors (Lipinski definition) is 3. The molecule has 3 aromatic heterocycles. The molecule has 1 aliphatic rings. The minimum Gasteiger partial charge on any atom is -0.444 e. The van der Waals surface area contributed by atoms with E-state index in [1.165, 1.54) is 23.8 Å². The Morgan fingerprint density at radius 3 is 2.83 bits per heavy atom. The van der Waals surface area contributed by atoms with Crippen LogP contribution in [0.2, 0.25) is 0 Å². The lowest BCUT2D eigenvalue weighted by atomic mass is 10.2. The number of aldehydes is 1. The van der Waals surface area contributed by atoms with E-state index >= 15 is 0 Å². The molecule has 29 heavy (non-hydrogen) atoms. The number of pyridine rings is 1. The van der Waals surface area contributed by atoms with Crippen molar-refractivity contribution in [1.29, 1.82) is 0 Å². The Morgan fingerprint density at radius 2 is 2.24 bits per heavy atom. The number of aromatic nitrogens is 4. The van der Waals surface area contributed by atoms with Crippen LogP contribution in [0.3, 0.4) is 0 Å². The monoisotopic (exact) mass is 397 g/mol. The normalized spacial score (nSPS) is 12.6. The number of nitrogens with two attached hydrogens (primary N) is 1. The Labute approximate surface area is 167 Å². The maximum absolute atomic E-state index is 10.7. The summed E-state index contributed by atoms with van der Waals surface area (Å²) in [4.78, 5) is 29.6. The highest BCUT2D eigenvalue weighted by molar-refractivity contribution is 5.96. The highest BCUT2D eigenvalue weighted by Gasteiger charge is 2.20. The van der Waals surface area contributed by atoms with Crippen LogP contribution in [0.25, 0.3) is 11.5 Å². The Hall–Kier alpha value is -3.69. The van der Waals surface area contributed by atoms with Gasteiger partial charge < -0.3 is 20.8 Å². The number of oxazole rings is 1. The minimum atomic E-state index is -0.519. The van der Waals surface area contributed by atoms with Gasteiger partial charge in [-0.2, -0.15) is 5.10 Å². The number of primary amides is 1. The molecule has 0 spiro atoms. The van der Waals surface area contributed by atoms with E-state index in [-0.39, 0.29) is 5.69 Å². The van der Waals surface area contributed by atoms with Crippen LogP contribution in [0.1, 0.15) is 33.8 Å². The molecule has 1 saturated carbocycles. The molecular weight excluding hydrogens is 374 g/mol. The van der Waals surface area contributed by atoms with Gasteiger partial charge in [-0.05, 0) is 30.9 Å². The van der Waals surface area contributed by atoms with Gasteiger partial charge in [-0.1, -0.05) is 0 Å². The fraction of sp³-hybridized carbons (Fsp3) is 0.316. The van der Waals surface area contributed by atoms with E-state index in [2.05, 4.69) is 25.7 Å². The summed E-state index contributed by atoms with van der Waals surface area (Å²) in [5, 5.41) is 9.96. The number of carbonyl (C=O) groups excluding carboxylic acids is 2. The maximum Gasteiger partial charge on any atom is 0.271 e. The van der Waals surface area contributed by atoms with Crippen LogP contribution < -0.4 is 16.4 Å². The molecular formula is C19H23N7O3. The first-order valence-electron chi connectivity index (χ1n) is 9.12. The van der Waals surface area contributed by atoms with E-state index in [0.29, 0.717) is 23.6 Å². The van der Waals surface area contributed by atoms with E-state index in [0.717, 1.165) is 23.8 Å². The smallest absolute Gasteiger partial charge is 0.271 e. The lowest BCUT2D eigenvalue weighted by Gasteiger charge is -2.04. The van der Waals surface area contributed by atoms with Crippen molar-refractivity contribution in [2.24, 2.45) is 18.7 Å². The molecule has 152 valence electrons. The van der Waals surface area contributed by atoms with Crippen LogP contribution in [-0.4, -0.2) is 45.5 Å². The third-order valence-electron chi connectivity index (χ3n) is 4.25. The van der Waals surface area contributed by atoms with Gasteiger partial charge in [0.25, 0.3) is 5.91 Å². The van der Waals surface area contributed by atoms with Gasteiger partial charge in [0.15, 0.2) is 12.0 Å². The Bertz CT molecular complexity index is 991. The predicted molar refractivity (Wildman–Crippen MR) is 108 cm³/mol. The summed E-state index contributed by atoms with van der Waals surface area (Å²) in [5.41, 5.74) is 7.09. The van der Waals surface area contributed by atoms with Crippen LogP contribution in [0, 0.1) is 5.92 Å². The predicted octanol–water partition coefficient (Wildman–Crippen LogP) is 1.93. The maximum atomic E-state index is 10.7. The molecule has 10 nitrogen and oxygen atoms in total. The summed E-state index contributed by atoms with van der Waals surface area (Å²) in [6, 6.07) is 3.69. The van der Waals surface area contributed by atoms with E-state index < -0.39 is 5.91 Å². The molecule has 0 saturated heterocycles. The molecule has 4 N–H and O–H groups in total. The molecule has 10 heteroatoms. The van der Waals surface area contributed by atoms with Gasteiger partial charge >= 0.3 is 0 Å². The van der Waals surface area contributed by atoms with Crippen molar-refractivity contribution in [1.82, 2.24) is 19.7 Å². The average molecular weight is 397 g/mol. The van der Waals surface area contributed by atoms with Gasteiger partial charge in [-0.3, -0.25) is 14.3 Å². The fourth-order valence-electron chi connectivity index (χ4n) is 2.56. The fourth-order valence-corrected chi connectivity index (χ4v) is 2.56. The third kappa shape index (κ3) is 5.41. The van der Waals surface area contributed by atoms with E-state index in [4.69, 9.17) is 10.2 Å². The van der Waals surface area contributed by atoms with E-state index in [1.54, 1.807) is 26.5 Å². The molecule has 3 heterocycles. The van der Waals surface area contributed by atoms with Crippen molar-refractivity contribution in [2.45, 2.75) is 12.8 Å². The summed E-state index contributed by atoms with van der Waals surface area (Å²) in [6.07, 6.45) is 8.01. The average Bonchev–Trinajstić information content (AvgIpc) is 3.28. The highest BCUT2D eigenvalue weighted by Crippen LogP contribution is 2.29. The molecule has 4 rings (SSSR count). The molecule has 0 aromatic carbocycles. The second-order valence-corrected chi connectivity index (χ2v) is 6.63. The van der Waals surface area contributed by atoms with Crippen molar-refractivity contribution in [3.63, 3.8) is 0 Å². The summed E-state index contributed by atoms with van der Waals surface area (Å²) in [7, 11) is 3.44. The zero-order valence-corrected chi connectivity index (χ0v) is 16.3. The van der Waals surface area contributed by atoms with Gasteiger partial charge in [0.1, 0.15) is 17.8 Å². The molecule has 0 atom stereocenters. The molecule has 0 unspecified atom stereocenters. The van der Waals surface area contributed by atoms with E-state index in [1.807, 2.05) is 12.1 Å². The number of aryl methyl sites for hydroxylation is 1. The van der Waals surface area contributed by atoms with Crippen molar-refractivity contribution in [3.8, 4) is 11.5 Å². The molecule has 1 fully saturated rings. The van der Waals surface area contributed by atoms with E-state index in [9.17, 15) is 9.59 Å². The standard InChI is InChI=1S/C13H13N3O2.C6H10N4O/c17-7-11-8-18-13(16-11)10-3-4-14-12(5-10)15-6-9-1-2-9;1-8-4-3-10(2)9-5(4)6(7)11/h3-5,7-9H,1-2,6H2,(H,14,15);3,8H,1-2H3,(H2,7,11). The van der Waals surface area contributed by atoms with Crippen molar-refractivity contribution >= 4 is 23.7 Å². The summed E-state index contributed by atoms with van der Waals surface area (Å²) >= 11 is 0. The minimum absolute atomic E-state index is 0.273. The zero-order valence-electron chi connectivity index (χ0n) is 16.3. The van der Waals surface area contributed by atoms with Gasteiger partial charge in [0.2, 0.25) is 5.89 Å². The summed E-state index contributed by atoms with van der Waals surface area (Å²) < 4.78 is 6.77. The van der Waals surface area contributed by atoms with Gasteiger partial charge in [-0.15, -0.1) is 0 Å². The van der Waals surface area contributed by atoms with Crippen LogP contribution in [0.4, 0.5) is 11.5 Å². The van der Waals surface area contributed by atoms with Gasteiger partial charge in [0.05, 0.1) is 5.69 Å². The first-order valence-corrected chi connectivity index (χ1v) is 9.12. The molecule has 0 radical (unpaired) electrons. The number of rotatable bonds is 7. The number of carbonyl (C=O) groups is 2. The number of hydrogen-bond acceptors (Lipinski definition) is 8. The van der Waals surface area contributed by atoms with Crippen LogP contribution in [0.15, 0.2) is 35.2 Å². The molecule has 0 bridgehead atoms. The van der Waals surface area contributed by atoms with Gasteiger partial charge in [-0.25, -0.2) is 9.97 Å². The third-order valence-corrected chi connectivity index (χ3v) is 4.25. The van der Waals surface area contributed by atoms with Crippen LogP contribution >= 0.6 is 0 Å². The van der Waals surface area contributed by atoms with Crippen LogP contribution in [0.5, 0.6) is 0 Å². The summed E-state index contributed by atoms with van der Waals surface area (Å²) in [6.45, 7) is 0.960. The molecule has 1 amide bonds. The van der Waals surface area contributed by atoms with Crippen molar-refractivity contribution < 1.29 is 14.0 Å². The lowest BCUT2D eigenvalue weighted by Crippen LogP contribution is -2.13.